The van der Waals surface area contributed by atoms with Crippen molar-refractivity contribution in [1.82, 2.24) is 9.97 Å². The van der Waals surface area contributed by atoms with Gasteiger partial charge >= 0.3 is 0 Å². The van der Waals surface area contributed by atoms with Gasteiger partial charge in [0.2, 0.25) is 0 Å². The van der Waals surface area contributed by atoms with Gasteiger partial charge in [-0.15, -0.1) is 0 Å². The molecule has 0 fully saturated rings. The van der Waals surface area contributed by atoms with Gasteiger partial charge in [0, 0.05) is 28.2 Å². The second-order valence-electron chi connectivity index (χ2n) is 4.03. The van der Waals surface area contributed by atoms with Crippen LogP contribution in [-0.4, -0.2) is 9.97 Å². The van der Waals surface area contributed by atoms with Crippen LogP contribution in [0.5, 0.6) is 0 Å². The molecule has 0 radical (unpaired) electrons. The summed E-state index contributed by atoms with van der Waals surface area (Å²) in [5, 5.41) is 3.38. The van der Waals surface area contributed by atoms with Crippen LogP contribution in [0.15, 0.2) is 29.0 Å². The van der Waals surface area contributed by atoms with Crippen LogP contribution in [0, 0.1) is 6.92 Å². The number of rotatable bonds is 3. The Morgan fingerprint density at radius 2 is 2.24 bits per heavy atom. The lowest BCUT2D eigenvalue weighted by atomic mass is 10.1. The van der Waals surface area contributed by atoms with Crippen LogP contribution in [-0.2, 0) is 0 Å². The van der Waals surface area contributed by atoms with Crippen LogP contribution >= 0.6 is 15.9 Å². The number of aromatic amines is 1. The zero-order valence-corrected chi connectivity index (χ0v) is 11.4. The minimum Gasteiger partial charge on any atom is -0.398 e. The Balaban J connectivity index is 2.22. The molecular weight excluding hydrogens is 280 g/mol. The topological polar surface area (TPSA) is 66.7 Å². The lowest BCUT2D eigenvalue weighted by Gasteiger charge is -2.16. The summed E-state index contributed by atoms with van der Waals surface area (Å²) in [5.74, 6) is 0.909. The molecule has 0 aliphatic heterocycles. The summed E-state index contributed by atoms with van der Waals surface area (Å²) in [5.41, 5.74) is 8.70. The molecule has 4 nitrogen and oxygen atoms in total. The Kier molecular flexibility index (Phi) is 3.38. The van der Waals surface area contributed by atoms with E-state index >= 15 is 0 Å². The van der Waals surface area contributed by atoms with Gasteiger partial charge in [-0.2, -0.15) is 0 Å². The molecule has 17 heavy (non-hydrogen) atoms. The number of halogens is 1. The molecule has 0 aliphatic carbocycles. The van der Waals surface area contributed by atoms with Gasteiger partial charge < -0.3 is 16.0 Å². The van der Waals surface area contributed by atoms with Crippen LogP contribution in [0.4, 0.5) is 11.4 Å². The number of aryl methyl sites for hydroxylation is 1. The first-order valence-electron chi connectivity index (χ1n) is 5.39. The van der Waals surface area contributed by atoms with Crippen molar-refractivity contribution in [2.75, 3.05) is 11.1 Å². The van der Waals surface area contributed by atoms with E-state index in [2.05, 4.69) is 38.1 Å². The smallest absolute Gasteiger partial charge is 0.128 e. The van der Waals surface area contributed by atoms with Gasteiger partial charge in [0.15, 0.2) is 0 Å². The summed E-state index contributed by atoms with van der Waals surface area (Å²) in [6, 6.07) is 4.05. The average molecular weight is 295 g/mol. The molecule has 1 atom stereocenters. The second-order valence-corrected chi connectivity index (χ2v) is 4.88. The Labute approximate surface area is 109 Å². The zero-order valence-electron chi connectivity index (χ0n) is 9.79. The van der Waals surface area contributed by atoms with E-state index in [4.69, 9.17) is 5.73 Å². The summed E-state index contributed by atoms with van der Waals surface area (Å²) < 4.78 is 0.957. The summed E-state index contributed by atoms with van der Waals surface area (Å²) in [6.45, 7) is 4.04. The molecule has 5 heteroatoms. The van der Waals surface area contributed by atoms with Crippen LogP contribution in [0.3, 0.4) is 0 Å². The van der Waals surface area contributed by atoms with Gasteiger partial charge in [-0.1, -0.05) is 0 Å². The maximum absolute atomic E-state index is 5.84. The van der Waals surface area contributed by atoms with E-state index in [1.54, 1.807) is 6.20 Å². The molecule has 0 spiro atoms. The number of nitrogen functional groups attached to an aromatic ring is 1. The van der Waals surface area contributed by atoms with Crippen molar-refractivity contribution >= 4 is 27.3 Å². The number of nitrogens with two attached hydrogens (primary N) is 1. The molecular formula is C12H15BrN4. The predicted molar refractivity (Wildman–Crippen MR) is 73.9 cm³/mol. The fourth-order valence-electron chi connectivity index (χ4n) is 1.62. The third-order valence-electron chi connectivity index (χ3n) is 2.66. The minimum atomic E-state index is 0.115. The number of nitrogens with zero attached hydrogens (tertiary/aromatic N) is 1. The molecule has 0 bridgehead atoms. The number of anilines is 2. The Bertz CT molecular complexity index is 507. The van der Waals surface area contributed by atoms with Crippen LogP contribution in [0.25, 0.3) is 0 Å². The highest BCUT2D eigenvalue weighted by molar-refractivity contribution is 9.10. The van der Waals surface area contributed by atoms with Gasteiger partial charge in [0.1, 0.15) is 5.82 Å². The normalized spacial score (nSPS) is 12.4. The SMILES string of the molecule is Cc1cc(NC(C)c2ncc[nH]2)c(Br)cc1N. The number of benzene rings is 1. The fraction of sp³-hybridized carbons (Fsp3) is 0.250. The highest BCUT2D eigenvalue weighted by Crippen LogP contribution is 2.29. The third-order valence-corrected chi connectivity index (χ3v) is 3.31. The maximum atomic E-state index is 5.84. The molecule has 0 saturated carbocycles. The first-order chi connectivity index (χ1) is 8.08. The quantitative estimate of drug-likeness (QED) is 0.762. The van der Waals surface area contributed by atoms with Crippen molar-refractivity contribution in [3.05, 3.63) is 40.4 Å². The van der Waals surface area contributed by atoms with Crippen LogP contribution in [0.2, 0.25) is 0 Å². The molecule has 0 aliphatic rings. The monoisotopic (exact) mass is 294 g/mol. The standard InChI is InChI=1S/C12H15BrN4/c1-7-5-11(9(13)6-10(7)14)17-8(2)12-15-3-4-16-12/h3-6,8,17H,14H2,1-2H3,(H,15,16). The summed E-state index contributed by atoms with van der Waals surface area (Å²) in [7, 11) is 0. The fourth-order valence-corrected chi connectivity index (χ4v) is 2.10. The van der Waals surface area contributed by atoms with E-state index in [9.17, 15) is 0 Å². The van der Waals surface area contributed by atoms with Crippen LogP contribution in [0.1, 0.15) is 24.4 Å². The number of nitrogens with one attached hydrogen (secondary N) is 2. The molecule has 0 saturated heterocycles. The lowest BCUT2D eigenvalue weighted by molar-refractivity contribution is 0.809. The van der Waals surface area contributed by atoms with Crippen molar-refractivity contribution in [2.45, 2.75) is 19.9 Å². The highest BCUT2D eigenvalue weighted by atomic mass is 79.9. The Morgan fingerprint density at radius 1 is 1.47 bits per heavy atom. The van der Waals surface area contributed by atoms with Crippen molar-refractivity contribution < 1.29 is 0 Å². The molecule has 2 aromatic rings. The van der Waals surface area contributed by atoms with Crippen molar-refractivity contribution in [2.24, 2.45) is 0 Å². The minimum absolute atomic E-state index is 0.115. The van der Waals surface area contributed by atoms with Crippen LogP contribution < -0.4 is 11.1 Å². The van der Waals surface area contributed by atoms with Crippen molar-refractivity contribution in [3.8, 4) is 0 Å². The zero-order chi connectivity index (χ0) is 12.4. The first-order valence-corrected chi connectivity index (χ1v) is 6.18. The van der Waals surface area contributed by atoms with E-state index < -0.39 is 0 Å². The van der Waals surface area contributed by atoms with Gasteiger partial charge in [-0.05, 0) is 47.5 Å². The summed E-state index contributed by atoms with van der Waals surface area (Å²) >= 11 is 3.50. The predicted octanol–water partition coefficient (Wildman–Crippen LogP) is 3.24. The second kappa shape index (κ2) is 4.79. The average Bonchev–Trinajstić information content (AvgIpc) is 2.79. The van der Waals surface area contributed by atoms with Crippen molar-refractivity contribution in [3.63, 3.8) is 0 Å². The number of H-pyrrole nitrogens is 1. The van der Waals surface area contributed by atoms with E-state index in [0.717, 1.165) is 27.2 Å². The van der Waals surface area contributed by atoms with Gasteiger partial charge in [0.25, 0.3) is 0 Å². The van der Waals surface area contributed by atoms with Gasteiger partial charge in [-0.25, -0.2) is 4.98 Å². The molecule has 4 N–H and O–H groups in total. The summed E-state index contributed by atoms with van der Waals surface area (Å²) in [6.07, 6.45) is 3.56. The molecule has 90 valence electrons. The maximum Gasteiger partial charge on any atom is 0.128 e. The third kappa shape index (κ3) is 2.61. The number of hydrogen-bond donors (Lipinski definition) is 3. The molecule has 1 heterocycles. The van der Waals surface area contributed by atoms with E-state index in [1.807, 2.05) is 25.3 Å². The van der Waals surface area contributed by atoms with E-state index in [-0.39, 0.29) is 6.04 Å². The highest BCUT2D eigenvalue weighted by Gasteiger charge is 2.10. The number of hydrogen-bond acceptors (Lipinski definition) is 3. The number of imidazole rings is 1. The Morgan fingerprint density at radius 3 is 2.88 bits per heavy atom. The molecule has 1 unspecified atom stereocenters. The van der Waals surface area contributed by atoms with Gasteiger partial charge in [0.05, 0.1) is 6.04 Å². The van der Waals surface area contributed by atoms with E-state index in [1.165, 1.54) is 0 Å². The molecule has 2 rings (SSSR count). The first kappa shape index (κ1) is 12.0. The largest absolute Gasteiger partial charge is 0.398 e. The summed E-state index contributed by atoms with van der Waals surface area (Å²) in [4.78, 5) is 7.31. The van der Waals surface area contributed by atoms with E-state index in [0.29, 0.717) is 0 Å². The van der Waals surface area contributed by atoms with Gasteiger partial charge in [-0.3, -0.25) is 0 Å². The molecule has 0 amide bonds. The number of aromatic nitrogens is 2. The molecule has 1 aromatic heterocycles. The lowest BCUT2D eigenvalue weighted by Crippen LogP contribution is -2.09. The Hall–Kier alpha value is -1.49. The molecule has 1 aromatic carbocycles. The van der Waals surface area contributed by atoms with Crippen molar-refractivity contribution in [1.29, 1.82) is 0 Å².